The zero-order chi connectivity index (χ0) is 37.7. The van der Waals surface area contributed by atoms with Crippen LogP contribution in [0.15, 0.2) is 221 Å². The van der Waals surface area contributed by atoms with E-state index in [0.717, 1.165) is 77.6 Å². The molecule has 0 aliphatic heterocycles. The highest BCUT2D eigenvalue weighted by Gasteiger charge is 2.20. The van der Waals surface area contributed by atoms with Gasteiger partial charge in [0.25, 0.3) is 0 Å². The Morgan fingerprint density at radius 1 is 0.263 bits per heavy atom. The molecule has 0 radical (unpaired) electrons. The highest BCUT2D eigenvalue weighted by molar-refractivity contribution is 6.10. The molecule has 9 aromatic carbocycles. The Morgan fingerprint density at radius 3 is 1.30 bits per heavy atom. The van der Waals surface area contributed by atoms with Crippen molar-refractivity contribution in [3.05, 3.63) is 212 Å². The Morgan fingerprint density at radius 2 is 0.702 bits per heavy atom. The number of furan rings is 2. The standard InChI is InChI=1S/C54H35NO2/c1-3-12-36(13-4-1)41-32-42(37-14-5-2-6-15-37)34-43(33-41)39-24-29-45(30-25-39)55(50-19-11-18-49-47-17-8-10-21-52(47)57-54(49)50)44-27-22-38(23-28-44)40-26-31-48-46-16-7-9-20-51(46)56-53(48)35-40/h1-35H. The Balaban J connectivity index is 1.02. The van der Waals surface area contributed by atoms with Crippen LogP contribution in [0.5, 0.6) is 0 Å². The number of benzene rings is 9. The SMILES string of the molecule is c1ccc(-c2cc(-c3ccccc3)cc(-c3ccc(N(c4ccc(-c5ccc6c(c5)oc5ccccc56)cc4)c4cccc5c4oc4ccccc45)cc3)c2)cc1. The fraction of sp³-hybridized carbons (Fsp3) is 0. The second-order valence-electron chi connectivity index (χ2n) is 14.5. The van der Waals surface area contributed by atoms with Gasteiger partial charge in [0.05, 0.1) is 5.69 Å². The average Bonchev–Trinajstić information content (AvgIpc) is 3.86. The number of anilines is 3. The summed E-state index contributed by atoms with van der Waals surface area (Å²) in [5.41, 5.74) is 15.9. The van der Waals surface area contributed by atoms with Gasteiger partial charge in [0.2, 0.25) is 0 Å². The van der Waals surface area contributed by atoms with Crippen LogP contribution in [0.2, 0.25) is 0 Å². The molecule has 11 rings (SSSR count). The Labute approximate surface area is 330 Å². The van der Waals surface area contributed by atoms with Gasteiger partial charge < -0.3 is 13.7 Å². The Hall–Kier alpha value is -7.62. The molecule has 57 heavy (non-hydrogen) atoms. The van der Waals surface area contributed by atoms with Gasteiger partial charge in [-0.1, -0.05) is 140 Å². The second kappa shape index (κ2) is 13.6. The quantitative estimate of drug-likeness (QED) is 0.164. The van der Waals surface area contributed by atoms with E-state index in [1.807, 2.05) is 24.3 Å². The van der Waals surface area contributed by atoms with E-state index >= 15 is 0 Å². The van der Waals surface area contributed by atoms with Crippen molar-refractivity contribution < 1.29 is 8.83 Å². The number of nitrogens with zero attached hydrogens (tertiary/aromatic N) is 1. The third-order valence-corrected chi connectivity index (χ3v) is 11.1. The minimum atomic E-state index is 0.852. The first-order valence-electron chi connectivity index (χ1n) is 19.3. The summed E-state index contributed by atoms with van der Waals surface area (Å²) in [7, 11) is 0. The lowest BCUT2D eigenvalue weighted by atomic mass is 9.93. The zero-order valence-electron chi connectivity index (χ0n) is 31.0. The predicted molar refractivity (Wildman–Crippen MR) is 237 cm³/mol. The van der Waals surface area contributed by atoms with Gasteiger partial charge in [0.1, 0.15) is 16.7 Å². The van der Waals surface area contributed by atoms with E-state index in [-0.39, 0.29) is 0 Å². The fourth-order valence-corrected chi connectivity index (χ4v) is 8.24. The molecular formula is C54H35NO2. The van der Waals surface area contributed by atoms with Crippen LogP contribution in [-0.2, 0) is 0 Å². The van der Waals surface area contributed by atoms with Crippen LogP contribution in [0, 0.1) is 0 Å². The monoisotopic (exact) mass is 729 g/mol. The lowest BCUT2D eigenvalue weighted by Gasteiger charge is -2.26. The normalized spacial score (nSPS) is 11.5. The smallest absolute Gasteiger partial charge is 0.159 e. The van der Waals surface area contributed by atoms with Crippen LogP contribution in [0.4, 0.5) is 17.1 Å². The first-order valence-corrected chi connectivity index (χ1v) is 19.3. The highest BCUT2D eigenvalue weighted by Crippen LogP contribution is 2.43. The minimum Gasteiger partial charge on any atom is -0.456 e. The molecule has 2 aromatic heterocycles. The molecule has 0 atom stereocenters. The summed E-state index contributed by atoms with van der Waals surface area (Å²) in [6.45, 7) is 0. The second-order valence-corrected chi connectivity index (χ2v) is 14.5. The fourth-order valence-electron chi connectivity index (χ4n) is 8.24. The molecule has 0 unspecified atom stereocenters. The molecule has 0 bridgehead atoms. The van der Waals surface area contributed by atoms with E-state index < -0.39 is 0 Å². The Bertz CT molecular complexity index is 3150. The van der Waals surface area contributed by atoms with Gasteiger partial charge in [-0.25, -0.2) is 0 Å². The predicted octanol–water partition coefficient (Wildman–Crippen LogP) is 15.6. The lowest BCUT2D eigenvalue weighted by Crippen LogP contribution is -2.10. The van der Waals surface area contributed by atoms with Gasteiger partial charge in [-0.05, 0) is 117 Å². The first-order chi connectivity index (χ1) is 28.2. The molecule has 0 N–H and O–H groups in total. The Kier molecular flexibility index (Phi) is 7.82. The molecule has 0 aliphatic carbocycles. The van der Waals surface area contributed by atoms with Crippen molar-refractivity contribution in [3.8, 4) is 44.5 Å². The van der Waals surface area contributed by atoms with Crippen LogP contribution in [-0.4, -0.2) is 0 Å². The summed E-state index contributed by atoms with van der Waals surface area (Å²) in [6, 6.07) is 75.2. The number of hydrogen-bond donors (Lipinski definition) is 0. The first kappa shape index (κ1) is 32.8. The molecule has 0 fully saturated rings. The van der Waals surface area contributed by atoms with Crippen LogP contribution in [0.1, 0.15) is 0 Å². The van der Waals surface area contributed by atoms with Crippen LogP contribution in [0.25, 0.3) is 88.4 Å². The van der Waals surface area contributed by atoms with Crippen molar-refractivity contribution in [1.29, 1.82) is 0 Å². The minimum absolute atomic E-state index is 0.852. The number of fused-ring (bicyclic) bond motifs is 6. The van der Waals surface area contributed by atoms with Crippen molar-refractivity contribution in [2.75, 3.05) is 4.90 Å². The van der Waals surface area contributed by atoms with Gasteiger partial charge in [-0.2, -0.15) is 0 Å². The molecule has 3 heteroatoms. The maximum Gasteiger partial charge on any atom is 0.159 e. The van der Waals surface area contributed by atoms with E-state index in [2.05, 4.69) is 193 Å². The third-order valence-electron chi connectivity index (χ3n) is 11.1. The summed E-state index contributed by atoms with van der Waals surface area (Å²) in [6.07, 6.45) is 0. The summed E-state index contributed by atoms with van der Waals surface area (Å²) < 4.78 is 12.9. The van der Waals surface area contributed by atoms with Gasteiger partial charge in [0, 0.05) is 32.9 Å². The van der Waals surface area contributed by atoms with Crippen molar-refractivity contribution in [2.24, 2.45) is 0 Å². The highest BCUT2D eigenvalue weighted by atomic mass is 16.3. The van der Waals surface area contributed by atoms with E-state index in [1.165, 1.54) is 27.8 Å². The molecule has 0 aliphatic rings. The maximum absolute atomic E-state index is 6.62. The van der Waals surface area contributed by atoms with Crippen molar-refractivity contribution in [1.82, 2.24) is 0 Å². The molecule has 268 valence electrons. The van der Waals surface area contributed by atoms with E-state index in [1.54, 1.807) is 0 Å². The molecule has 0 saturated heterocycles. The van der Waals surface area contributed by atoms with Crippen LogP contribution in [0.3, 0.4) is 0 Å². The lowest BCUT2D eigenvalue weighted by molar-refractivity contribution is 0.668. The topological polar surface area (TPSA) is 29.5 Å². The van der Waals surface area contributed by atoms with E-state index in [0.29, 0.717) is 0 Å². The largest absolute Gasteiger partial charge is 0.456 e. The van der Waals surface area contributed by atoms with Gasteiger partial charge in [0.15, 0.2) is 5.58 Å². The molecule has 0 spiro atoms. The number of hydrogen-bond acceptors (Lipinski definition) is 3. The van der Waals surface area contributed by atoms with Crippen molar-refractivity contribution >= 4 is 60.9 Å². The van der Waals surface area contributed by atoms with Crippen molar-refractivity contribution in [3.63, 3.8) is 0 Å². The molecule has 11 aromatic rings. The van der Waals surface area contributed by atoms with E-state index in [4.69, 9.17) is 8.83 Å². The molecule has 0 saturated carbocycles. The van der Waals surface area contributed by atoms with Crippen molar-refractivity contribution in [2.45, 2.75) is 0 Å². The summed E-state index contributed by atoms with van der Waals surface area (Å²) in [5, 5.41) is 4.46. The summed E-state index contributed by atoms with van der Waals surface area (Å²) in [4.78, 5) is 2.30. The number of rotatable bonds is 7. The summed E-state index contributed by atoms with van der Waals surface area (Å²) in [5.74, 6) is 0. The average molecular weight is 730 g/mol. The van der Waals surface area contributed by atoms with Gasteiger partial charge in [-0.3, -0.25) is 0 Å². The molecule has 0 amide bonds. The molecule has 3 nitrogen and oxygen atoms in total. The van der Waals surface area contributed by atoms with Gasteiger partial charge >= 0.3 is 0 Å². The van der Waals surface area contributed by atoms with Gasteiger partial charge in [-0.15, -0.1) is 0 Å². The molecule has 2 heterocycles. The van der Waals surface area contributed by atoms with Crippen LogP contribution >= 0.6 is 0 Å². The van der Waals surface area contributed by atoms with E-state index in [9.17, 15) is 0 Å². The third kappa shape index (κ3) is 5.85. The molecular weight excluding hydrogens is 695 g/mol. The zero-order valence-corrected chi connectivity index (χ0v) is 31.0. The number of para-hydroxylation sites is 3. The van der Waals surface area contributed by atoms with Crippen LogP contribution < -0.4 is 4.90 Å². The maximum atomic E-state index is 6.62. The summed E-state index contributed by atoms with van der Waals surface area (Å²) >= 11 is 0.